The number of hydrogen-bond acceptors (Lipinski definition) is 2. The van der Waals surface area contributed by atoms with Gasteiger partial charge in [0.25, 0.3) is 5.82 Å². The van der Waals surface area contributed by atoms with Gasteiger partial charge >= 0.3 is 0 Å². The molecule has 0 radical (unpaired) electrons. The molecular formula is C23H21BrN3+. The normalized spacial score (nSPS) is 14.0. The third kappa shape index (κ3) is 3.74. The second-order valence-corrected chi connectivity index (χ2v) is 7.77. The summed E-state index contributed by atoms with van der Waals surface area (Å²) in [6.45, 7) is 1.98. The molecule has 1 aliphatic heterocycles. The topological polar surface area (TPSA) is 41.2 Å². The van der Waals surface area contributed by atoms with Gasteiger partial charge in [-0.05, 0) is 43.0 Å². The number of nitriles is 1. The molecule has 134 valence electrons. The van der Waals surface area contributed by atoms with E-state index in [1.807, 2.05) is 30.3 Å². The molecule has 0 bridgehead atoms. The molecule has 0 amide bonds. The number of H-pyrrole nitrogens is 1. The van der Waals surface area contributed by atoms with E-state index >= 15 is 0 Å². The van der Waals surface area contributed by atoms with E-state index in [0.717, 1.165) is 51.3 Å². The highest BCUT2D eigenvalue weighted by Crippen LogP contribution is 2.33. The fraction of sp³-hybridized carbons (Fsp3) is 0.217. The third-order valence-corrected chi connectivity index (χ3v) is 5.60. The zero-order valence-corrected chi connectivity index (χ0v) is 16.7. The number of aromatic nitrogens is 1. The monoisotopic (exact) mass is 418 g/mol. The van der Waals surface area contributed by atoms with Gasteiger partial charge in [-0.2, -0.15) is 5.26 Å². The minimum Gasteiger partial charge on any atom is -0.261 e. The summed E-state index contributed by atoms with van der Waals surface area (Å²) in [5.74, 6) is 0.941. The van der Waals surface area contributed by atoms with Gasteiger partial charge in [0.05, 0.1) is 13.1 Å². The van der Waals surface area contributed by atoms with Gasteiger partial charge in [0.2, 0.25) is 0 Å². The Kier molecular flexibility index (Phi) is 5.22. The molecule has 1 aliphatic rings. The average Bonchev–Trinajstić information content (AvgIpc) is 2.74. The highest BCUT2D eigenvalue weighted by atomic mass is 79.9. The summed E-state index contributed by atoms with van der Waals surface area (Å²) in [7, 11) is 0. The molecule has 1 N–H and O–H groups in total. The number of benzene rings is 2. The Labute approximate surface area is 168 Å². The van der Waals surface area contributed by atoms with Crippen LogP contribution in [0.5, 0.6) is 0 Å². The van der Waals surface area contributed by atoms with Crippen molar-refractivity contribution in [2.75, 3.05) is 18.0 Å². The lowest BCUT2D eigenvalue weighted by Crippen LogP contribution is -2.35. The first-order chi connectivity index (χ1) is 13.3. The van der Waals surface area contributed by atoms with Gasteiger partial charge in [0.15, 0.2) is 0 Å². The van der Waals surface area contributed by atoms with Crippen LogP contribution < -0.4 is 9.88 Å². The van der Waals surface area contributed by atoms with Crippen LogP contribution in [0.25, 0.3) is 22.4 Å². The van der Waals surface area contributed by atoms with E-state index in [2.05, 4.69) is 62.2 Å². The number of rotatable bonds is 3. The molecule has 3 nitrogen and oxygen atoms in total. The van der Waals surface area contributed by atoms with Gasteiger partial charge in [-0.15, -0.1) is 0 Å². The maximum atomic E-state index is 10.0. The smallest absolute Gasteiger partial charge is 0.261 e. The summed E-state index contributed by atoms with van der Waals surface area (Å²) in [6.07, 6.45) is 3.60. The van der Waals surface area contributed by atoms with Crippen molar-refractivity contribution < 1.29 is 4.98 Å². The van der Waals surface area contributed by atoms with Gasteiger partial charge in [-0.3, -0.25) is 4.90 Å². The molecule has 27 heavy (non-hydrogen) atoms. The minimum atomic E-state index is 0.721. The van der Waals surface area contributed by atoms with E-state index in [1.165, 1.54) is 19.3 Å². The van der Waals surface area contributed by atoms with Crippen LogP contribution in [0.2, 0.25) is 0 Å². The summed E-state index contributed by atoms with van der Waals surface area (Å²) in [4.78, 5) is 5.90. The molecule has 0 saturated carbocycles. The minimum absolute atomic E-state index is 0.721. The van der Waals surface area contributed by atoms with Crippen molar-refractivity contribution in [3.05, 3.63) is 70.7 Å². The van der Waals surface area contributed by atoms with E-state index in [9.17, 15) is 5.26 Å². The Morgan fingerprint density at radius 2 is 1.59 bits per heavy atom. The zero-order valence-electron chi connectivity index (χ0n) is 15.1. The lowest BCUT2D eigenvalue weighted by molar-refractivity contribution is -0.351. The maximum Gasteiger partial charge on any atom is 0.293 e. The molecule has 1 saturated heterocycles. The van der Waals surface area contributed by atoms with Crippen LogP contribution in [0, 0.1) is 11.3 Å². The molecular weight excluding hydrogens is 398 g/mol. The lowest BCUT2D eigenvalue weighted by atomic mass is 9.97. The summed E-state index contributed by atoms with van der Waals surface area (Å²) >= 11 is 3.50. The fourth-order valence-electron chi connectivity index (χ4n) is 3.67. The molecule has 0 unspecified atom stereocenters. The molecule has 0 aliphatic carbocycles. The van der Waals surface area contributed by atoms with Crippen LogP contribution in [-0.4, -0.2) is 13.1 Å². The number of nitrogens with zero attached hydrogens (tertiary/aromatic N) is 2. The highest BCUT2D eigenvalue weighted by Gasteiger charge is 2.27. The van der Waals surface area contributed by atoms with Crippen LogP contribution in [-0.2, 0) is 0 Å². The largest absolute Gasteiger partial charge is 0.293 e. The van der Waals surface area contributed by atoms with Gasteiger partial charge in [0, 0.05) is 15.6 Å². The highest BCUT2D eigenvalue weighted by molar-refractivity contribution is 9.10. The summed E-state index contributed by atoms with van der Waals surface area (Å²) < 4.78 is 1.03. The number of halogens is 1. The second kappa shape index (κ2) is 7.94. The lowest BCUT2D eigenvalue weighted by Gasteiger charge is -2.23. The van der Waals surface area contributed by atoms with E-state index in [0.29, 0.717) is 0 Å². The molecule has 2 heterocycles. The number of aromatic amines is 1. The standard InChI is InChI=1S/C23H20BrN3/c24-19-11-9-17(10-12-19)20-15-22(18-7-3-1-4-8-18)26-23(21(20)16-25)27-13-5-2-6-14-27/h1,3-4,7-12,15H,2,5-6,13-14H2/p+1. The van der Waals surface area contributed by atoms with Crippen LogP contribution in [0.1, 0.15) is 24.8 Å². The summed E-state index contributed by atoms with van der Waals surface area (Å²) in [6, 6.07) is 23.1. The molecule has 0 atom stereocenters. The average molecular weight is 419 g/mol. The summed E-state index contributed by atoms with van der Waals surface area (Å²) in [5.41, 5.74) is 4.91. The molecule has 0 spiro atoms. The SMILES string of the molecule is N#Cc1c(-c2ccc(Br)cc2)cc(-c2ccccc2)[nH+]c1N1CCCCC1. The van der Waals surface area contributed by atoms with Crippen molar-refractivity contribution in [1.29, 1.82) is 5.26 Å². The number of nitrogens with one attached hydrogen (secondary N) is 1. The van der Waals surface area contributed by atoms with Crippen molar-refractivity contribution in [2.24, 2.45) is 0 Å². The number of piperidine rings is 1. The molecule has 2 aromatic carbocycles. The Morgan fingerprint density at radius 3 is 2.26 bits per heavy atom. The first kappa shape index (κ1) is 17.8. The van der Waals surface area contributed by atoms with Gasteiger partial charge < -0.3 is 0 Å². The van der Waals surface area contributed by atoms with E-state index in [-0.39, 0.29) is 0 Å². The van der Waals surface area contributed by atoms with Crippen molar-refractivity contribution >= 4 is 21.7 Å². The molecule has 3 aromatic rings. The van der Waals surface area contributed by atoms with Crippen LogP contribution in [0.15, 0.2) is 65.1 Å². The van der Waals surface area contributed by atoms with Crippen molar-refractivity contribution in [2.45, 2.75) is 19.3 Å². The van der Waals surface area contributed by atoms with Gasteiger partial charge in [0.1, 0.15) is 17.3 Å². The fourth-order valence-corrected chi connectivity index (χ4v) is 3.93. The Balaban J connectivity index is 1.93. The Morgan fingerprint density at radius 1 is 0.889 bits per heavy atom. The molecule has 4 rings (SSSR count). The third-order valence-electron chi connectivity index (χ3n) is 5.07. The zero-order chi connectivity index (χ0) is 18.6. The number of anilines is 1. The van der Waals surface area contributed by atoms with E-state index in [4.69, 9.17) is 0 Å². The molecule has 1 aromatic heterocycles. The van der Waals surface area contributed by atoms with Crippen LogP contribution in [0.3, 0.4) is 0 Å². The predicted molar refractivity (Wildman–Crippen MR) is 112 cm³/mol. The number of hydrogen-bond donors (Lipinski definition) is 0. The first-order valence-electron chi connectivity index (χ1n) is 9.33. The Hall–Kier alpha value is -2.64. The quantitative estimate of drug-likeness (QED) is 0.566. The maximum absolute atomic E-state index is 10.0. The van der Waals surface area contributed by atoms with Crippen molar-refractivity contribution in [3.63, 3.8) is 0 Å². The van der Waals surface area contributed by atoms with Crippen LogP contribution in [0.4, 0.5) is 5.82 Å². The predicted octanol–water partition coefficient (Wildman–Crippen LogP) is 5.46. The van der Waals surface area contributed by atoms with E-state index < -0.39 is 0 Å². The first-order valence-corrected chi connectivity index (χ1v) is 10.1. The van der Waals surface area contributed by atoms with Crippen molar-refractivity contribution in [1.82, 2.24) is 0 Å². The van der Waals surface area contributed by atoms with E-state index in [1.54, 1.807) is 0 Å². The second-order valence-electron chi connectivity index (χ2n) is 6.85. The van der Waals surface area contributed by atoms with Crippen LogP contribution >= 0.6 is 15.9 Å². The summed E-state index contributed by atoms with van der Waals surface area (Å²) in [5, 5.41) is 10.0. The molecule has 4 heteroatoms. The van der Waals surface area contributed by atoms with Gasteiger partial charge in [-0.25, -0.2) is 4.98 Å². The van der Waals surface area contributed by atoms with Crippen molar-refractivity contribution in [3.8, 4) is 28.5 Å². The molecule has 1 fully saturated rings. The number of pyridine rings is 1. The van der Waals surface area contributed by atoms with Gasteiger partial charge in [-0.1, -0.05) is 58.4 Å². The Bertz CT molecular complexity index is 969.